The number of hydrogen-bond donors (Lipinski definition) is 2. The van der Waals surface area contributed by atoms with Gasteiger partial charge in [-0.25, -0.2) is 4.39 Å². The summed E-state index contributed by atoms with van der Waals surface area (Å²) in [4.78, 5) is 0. The van der Waals surface area contributed by atoms with Crippen LogP contribution in [0.5, 0.6) is 17.2 Å². The quantitative estimate of drug-likeness (QED) is 0.818. The zero-order chi connectivity index (χ0) is 13.2. The molecule has 1 unspecified atom stereocenters. The fourth-order valence-electron chi connectivity index (χ4n) is 2.77. The summed E-state index contributed by atoms with van der Waals surface area (Å²) in [6, 6.07) is 1.22. The Balaban J connectivity index is 2.07. The maximum Gasteiger partial charge on any atom is 0.169 e. The Morgan fingerprint density at radius 3 is 2.89 bits per heavy atom. The number of ether oxygens (including phenoxy) is 2. The summed E-state index contributed by atoms with van der Waals surface area (Å²) in [5.74, 6) is 0.0705. The lowest BCUT2D eigenvalue weighted by molar-refractivity contribution is 0.294. The van der Waals surface area contributed by atoms with Crippen LogP contribution in [0, 0.1) is 5.82 Å². The largest absolute Gasteiger partial charge is 0.505 e. The van der Waals surface area contributed by atoms with E-state index in [0.29, 0.717) is 30.3 Å². The SMILES string of the molecule is Oc1c(F)cc2c(c1C1CCCNC1)OCCCO2. The zero-order valence-corrected chi connectivity index (χ0v) is 10.7. The first-order valence-electron chi connectivity index (χ1n) is 6.79. The summed E-state index contributed by atoms with van der Waals surface area (Å²) in [6.07, 6.45) is 2.69. The summed E-state index contributed by atoms with van der Waals surface area (Å²) in [7, 11) is 0. The minimum Gasteiger partial charge on any atom is -0.505 e. The number of phenols is 1. The van der Waals surface area contributed by atoms with Crippen molar-refractivity contribution in [3.8, 4) is 17.2 Å². The first-order valence-corrected chi connectivity index (χ1v) is 6.79. The Morgan fingerprint density at radius 2 is 2.11 bits per heavy atom. The van der Waals surface area contributed by atoms with Crippen LogP contribution < -0.4 is 14.8 Å². The highest BCUT2D eigenvalue weighted by molar-refractivity contribution is 5.56. The van der Waals surface area contributed by atoms with Crippen molar-refractivity contribution in [2.75, 3.05) is 26.3 Å². The van der Waals surface area contributed by atoms with E-state index in [1.54, 1.807) is 0 Å². The van der Waals surface area contributed by atoms with Crippen molar-refractivity contribution < 1.29 is 19.0 Å². The maximum absolute atomic E-state index is 13.8. The van der Waals surface area contributed by atoms with Gasteiger partial charge >= 0.3 is 0 Å². The van der Waals surface area contributed by atoms with Crippen molar-refractivity contribution in [1.29, 1.82) is 0 Å². The highest BCUT2D eigenvalue weighted by atomic mass is 19.1. The van der Waals surface area contributed by atoms with Gasteiger partial charge in [0.15, 0.2) is 23.1 Å². The van der Waals surface area contributed by atoms with E-state index in [0.717, 1.165) is 32.4 Å². The minimum atomic E-state index is -0.634. The standard InChI is InChI=1S/C14H18FNO3/c15-10-7-11-14(19-6-2-5-18-11)12(13(10)17)9-3-1-4-16-8-9/h7,9,16-17H,1-6,8H2. The molecule has 0 spiro atoms. The predicted molar refractivity (Wildman–Crippen MR) is 68.5 cm³/mol. The van der Waals surface area contributed by atoms with Crippen LogP contribution in [0.15, 0.2) is 6.07 Å². The van der Waals surface area contributed by atoms with Crippen molar-refractivity contribution in [2.45, 2.75) is 25.2 Å². The third-order valence-corrected chi connectivity index (χ3v) is 3.71. The summed E-state index contributed by atoms with van der Waals surface area (Å²) >= 11 is 0. The molecule has 2 N–H and O–H groups in total. The van der Waals surface area contributed by atoms with Crippen LogP contribution in [0.25, 0.3) is 0 Å². The molecule has 3 rings (SSSR count). The summed E-state index contributed by atoms with van der Waals surface area (Å²) in [5.41, 5.74) is 0.559. The van der Waals surface area contributed by atoms with Gasteiger partial charge in [-0.05, 0) is 19.4 Å². The Hall–Kier alpha value is -1.49. The Morgan fingerprint density at radius 1 is 1.26 bits per heavy atom. The van der Waals surface area contributed by atoms with Crippen molar-refractivity contribution in [3.63, 3.8) is 0 Å². The number of nitrogens with one attached hydrogen (secondary N) is 1. The Bertz CT molecular complexity index is 472. The third kappa shape index (κ3) is 2.34. The predicted octanol–water partition coefficient (Wildman–Crippen LogP) is 2.16. The molecule has 1 aromatic carbocycles. The van der Waals surface area contributed by atoms with Gasteiger partial charge in [0.1, 0.15) is 0 Å². The maximum atomic E-state index is 13.8. The van der Waals surface area contributed by atoms with E-state index in [4.69, 9.17) is 9.47 Å². The van der Waals surface area contributed by atoms with Gasteiger partial charge in [0.05, 0.1) is 13.2 Å². The first kappa shape index (κ1) is 12.5. The molecule has 2 aliphatic heterocycles. The molecule has 1 fully saturated rings. The van der Waals surface area contributed by atoms with Crippen LogP contribution in [-0.2, 0) is 0 Å². The van der Waals surface area contributed by atoms with Crippen LogP contribution in [0.4, 0.5) is 4.39 Å². The smallest absolute Gasteiger partial charge is 0.169 e. The molecule has 2 heterocycles. The van der Waals surface area contributed by atoms with Gasteiger partial charge in [-0.1, -0.05) is 0 Å². The first-order chi connectivity index (χ1) is 9.27. The van der Waals surface area contributed by atoms with Crippen molar-refractivity contribution in [3.05, 3.63) is 17.4 Å². The average molecular weight is 267 g/mol. The van der Waals surface area contributed by atoms with Gasteiger partial charge < -0.3 is 19.9 Å². The number of phenolic OH excluding ortho intramolecular Hbond substituents is 1. The van der Waals surface area contributed by atoms with E-state index < -0.39 is 5.82 Å². The van der Waals surface area contributed by atoms with Gasteiger partial charge in [0.25, 0.3) is 0 Å². The Labute approximate surface area is 111 Å². The summed E-state index contributed by atoms with van der Waals surface area (Å²) in [6.45, 7) is 2.74. The van der Waals surface area contributed by atoms with Crippen LogP contribution in [0.2, 0.25) is 0 Å². The highest BCUT2D eigenvalue weighted by Crippen LogP contribution is 2.45. The molecule has 0 aliphatic carbocycles. The van der Waals surface area contributed by atoms with Gasteiger partial charge in [-0.3, -0.25) is 0 Å². The van der Waals surface area contributed by atoms with E-state index in [9.17, 15) is 9.50 Å². The topological polar surface area (TPSA) is 50.7 Å². The highest BCUT2D eigenvalue weighted by Gasteiger charge is 2.28. The Kier molecular flexibility index (Phi) is 3.46. The van der Waals surface area contributed by atoms with Gasteiger partial charge in [0, 0.05) is 30.5 Å². The van der Waals surface area contributed by atoms with Gasteiger partial charge in [0.2, 0.25) is 0 Å². The zero-order valence-electron chi connectivity index (χ0n) is 10.7. The van der Waals surface area contributed by atoms with Crippen LogP contribution >= 0.6 is 0 Å². The molecule has 0 saturated carbocycles. The number of halogens is 1. The molecular weight excluding hydrogens is 249 g/mol. The molecule has 2 aliphatic rings. The molecule has 19 heavy (non-hydrogen) atoms. The molecule has 104 valence electrons. The molecule has 0 radical (unpaired) electrons. The summed E-state index contributed by atoms with van der Waals surface area (Å²) < 4.78 is 25.1. The average Bonchev–Trinajstić information content (AvgIpc) is 2.66. The molecule has 1 atom stereocenters. The third-order valence-electron chi connectivity index (χ3n) is 3.71. The van der Waals surface area contributed by atoms with Gasteiger partial charge in [-0.15, -0.1) is 0 Å². The second-order valence-electron chi connectivity index (χ2n) is 5.04. The number of benzene rings is 1. The molecule has 1 saturated heterocycles. The van der Waals surface area contributed by atoms with Crippen LogP contribution in [-0.4, -0.2) is 31.4 Å². The second kappa shape index (κ2) is 5.25. The lowest BCUT2D eigenvalue weighted by atomic mass is 9.90. The van der Waals surface area contributed by atoms with Crippen molar-refractivity contribution in [1.82, 2.24) is 5.32 Å². The fraction of sp³-hybridized carbons (Fsp3) is 0.571. The van der Waals surface area contributed by atoms with Crippen molar-refractivity contribution >= 4 is 0 Å². The van der Waals surface area contributed by atoms with E-state index >= 15 is 0 Å². The molecule has 5 heteroatoms. The normalized spacial score (nSPS) is 22.9. The fourth-order valence-corrected chi connectivity index (χ4v) is 2.77. The number of hydrogen-bond acceptors (Lipinski definition) is 4. The van der Waals surface area contributed by atoms with E-state index in [1.165, 1.54) is 6.07 Å². The molecule has 0 aromatic heterocycles. The number of aromatic hydroxyl groups is 1. The van der Waals surface area contributed by atoms with E-state index in [2.05, 4.69) is 5.32 Å². The lowest BCUT2D eigenvalue weighted by Gasteiger charge is -2.26. The lowest BCUT2D eigenvalue weighted by Crippen LogP contribution is -2.28. The van der Waals surface area contributed by atoms with Crippen LogP contribution in [0.3, 0.4) is 0 Å². The summed E-state index contributed by atoms with van der Waals surface area (Å²) in [5, 5.41) is 13.3. The van der Waals surface area contributed by atoms with Crippen LogP contribution in [0.1, 0.15) is 30.7 Å². The molecule has 4 nitrogen and oxygen atoms in total. The number of fused-ring (bicyclic) bond motifs is 1. The molecule has 0 bridgehead atoms. The van der Waals surface area contributed by atoms with Gasteiger partial charge in [-0.2, -0.15) is 0 Å². The monoisotopic (exact) mass is 267 g/mol. The van der Waals surface area contributed by atoms with E-state index in [-0.39, 0.29) is 11.7 Å². The second-order valence-corrected chi connectivity index (χ2v) is 5.04. The van der Waals surface area contributed by atoms with E-state index in [1.807, 2.05) is 0 Å². The number of rotatable bonds is 1. The van der Waals surface area contributed by atoms with Crippen molar-refractivity contribution in [2.24, 2.45) is 0 Å². The molecule has 0 amide bonds. The number of piperidine rings is 1. The molecule has 1 aromatic rings. The minimum absolute atomic E-state index is 0.0694. The molecular formula is C14H18FNO3.